The number of nitrogens with one attached hydrogen (secondary N) is 3. The molecular weight excluding hydrogens is 737 g/mol. The van der Waals surface area contributed by atoms with E-state index in [1.165, 1.54) is 11.3 Å². The van der Waals surface area contributed by atoms with E-state index < -0.39 is 29.7 Å². The van der Waals surface area contributed by atoms with Gasteiger partial charge < -0.3 is 24.8 Å². The summed E-state index contributed by atoms with van der Waals surface area (Å²) >= 11 is 1.33. The van der Waals surface area contributed by atoms with Crippen molar-refractivity contribution in [3.63, 3.8) is 0 Å². The molecule has 2 aromatic heterocycles. The Morgan fingerprint density at radius 3 is 2.64 bits per heavy atom. The molecule has 16 heteroatoms. The Hall–Kier alpha value is -6.68. The van der Waals surface area contributed by atoms with Gasteiger partial charge in [0, 0.05) is 54.9 Å². The third-order valence-corrected chi connectivity index (χ3v) is 11.0. The van der Waals surface area contributed by atoms with Crippen molar-refractivity contribution in [2.75, 3.05) is 29.9 Å². The molecule has 1 fully saturated rings. The maximum atomic E-state index is 13.2. The Morgan fingerprint density at radius 2 is 1.84 bits per heavy atom. The Labute approximate surface area is 324 Å². The van der Waals surface area contributed by atoms with Crippen LogP contribution in [0.1, 0.15) is 69.9 Å². The summed E-state index contributed by atoms with van der Waals surface area (Å²) in [5.74, 6) is -1.98. The lowest BCUT2D eigenvalue weighted by atomic mass is 10.0. The number of aromatic nitrogens is 3. The van der Waals surface area contributed by atoms with Gasteiger partial charge in [0.2, 0.25) is 11.8 Å². The van der Waals surface area contributed by atoms with Gasteiger partial charge in [-0.15, -0.1) is 11.3 Å². The quantitative estimate of drug-likeness (QED) is 0.132. The van der Waals surface area contributed by atoms with Crippen LogP contribution in [0.3, 0.4) is 0 Å². The molecule has 1 unspecified atom stereocenters. The monoisotopic (exact) mass is 772 g/mol. The lowest BCUT2D eigenvalue weighted by Crippen LogP contribution is -2.54. The van der Waals surface area contributed by atoms with Gasteiger partial charge in [-0.3, -0.25) is 39.0 Å². The zero-order valence-electron chi connectivity index (χ0n) is 30.5. The standard InChI is InChI=1S/C40H36N8O7S/c1-22-34(25-6-9-30-24(17-25)12-14-47(30)40(54)32-20-41-21-46(32)2)45-37(56-22)36(51)43-19-23-4-3-5-27(16-23)55-15-13-42-26-7-8-28-29(18-26)39(53)48(38(28)52)31-10-11-33(49)44-35(31)50/h3-9,16-18,20-21,31,42H,10-15,19H2,1-2H3,(H,43,51)(H,44,49,50). The molecule has 8 rings (SSSR count). The highest BCUT2D eigenvalue weighted by Gasteiger charge is 2.44. The molecule has 0 aliphatic carbocycles. The van der Waals surface area contributed by atoms with E-state index in [1.54, 1.807) is 47.2 Å². The summed E-state index contributed by atoms with van der Waals surface area (Å²) in [6.07, 6.45) is 4.05. The lowest BCUT2D eigenvalue weighted by molar-refractivity contribution is -0.136. The summed E-state index contributed by atoms with van der Waals surface area (Å²) in [5, 5.41) is 8.70. The third kappa shape index (κ3) is 6.90. The van der Waals surface area contributed by atoms with Crippen molar-refractivity contribution in [2.45, 2.75) is 38.8 Å². The SMILES string of the molecule is Cc1sc(C(=O)NCc2cccc(OCCNc3ccc4c(c3)C(=O)N(C3CCC(=O)NC3=O)C4=O)c2)nc1-c1ccc2c(c1)CCN2C(=O)c1cncn1C. The van der Waals surface area contributed by atoms with Crippen molar-refractivity contribution in [2.24, 2.45) is 7.05 Å². The van der Waals surface area contributed by atoms with E-state index in [2.05, 4.69) is 20.9 Å². The van der Waals surface area contributed by atoms with Gasteiger partial charge in [-0.05, 0) is 73.4 Å². The third-order valence-electron chi connectivity index (χ3n) is 10.0. The molecule has 3 aromatic carbocycles. The first-order valence-corrected chi connectivity index (χ1v) is 18.9. The number of carbonyl (C=O) groups is 6. The molecule has 0 radical (unpaired) electrons. The number of thiazole rings is 1. The molecule has 3 N–H and O–H groups in total. The van der Waals surface area contributed by atoms with Gasteiger partial charge in [-0.1, -0.05) is 18.2 Å². The number of nitrogens with zero attached hydrogens (tertiary/aromatic N) is 5. The molecule has 0 saturated carbocycles. The number of hydrogen-bond donors (Lipinski definition) is 3. The maximum absolute atomic E-state index is 13.2. The van der Waals surface area contributed by atoms with Crippen LogP contribution in [0.5, 0.6) is 5.75 Å². The predicted molar refractivity (Wildman–Crippen MR) is 206 cm³/mol. The van der Waals surface area contributed by atoms with Gasteiger partial charge in [-0.25, -0.2) is 9.97 Å². The van der Waals surface area contributed by atoms with Crippen LogP contribution in [-0.2, 0) is 29.6 Å². The van der Waals surface area contributed by atoms with E-state index >= 15 is 0 Å². The van der Waals surface area contributed by atoms with Crippen LogP contribution in [0.4, 0.5) is 11.4 Å². The second-order valence-electron chi connectivity index (χ2n) is 13.7. The number of benzene rings is 3. The molecule has 5 aromatic rings. The highest BCUT2D eigenvalue weighted by Crippen LogP contribution is 2.35. The van der Waals surface area contributed by atoms with E-state index in [-0.39, 0.29) is 48.9 Å². The summed E-state index contributed by atoms with van der Waals surface area (Å²) in [7, 11) is 1.80. The molecule has 15 nitrogen and oxygen atoms in total. The fourth-order valence-electron chi connectivity index (χ4n) is 7.17. The van der Waals surface area contributed by atoms with E-state index in [0.29, 0.717) is 35.2 Å². The first-order chi connectivity index (χ1) is 27.0. The normalized spacial score (nSPS) is 16.1. The molecule has 3 aliphatic heterocycles. The predicted octanol–water partition coefficient (Wildman–Crippen LogP) is 3.88. The molecule has 1 atom stereocenters. The summed E-state index contributed by atoms with van der Waals surface area (Å²) in [4.78, 5) is 88.7. The summed E-state index contributed by atoms with van der Waals surface area (Å²) in [6, 6.07) is 17.1. The number of piperidine rings is 1. The topological polar surface area (TPSA) is 185 Å². The average molecular weight is 773 g/mol. The first kappa shape index (κ1) is 36.3. The smallest absolute Gasteiger partial charge is 0.280 e. The van der Waals surface area contributed by atoms with Crippen LogP contribution in [0, 0.1) is 6.92 Å². The maximum Gasteiger partial charge on any atom is 0.280 e. The van der Waals surface area contributed by atoms with Crippen molar-refractivity contribution in [3.05, 3.63) is 111 Å². The van der Waals surface area contributed by atoms with Gasteiger partial charge in [0.15, 0.2) is 5.01 Å². The largest absolute Gasteiger partial charge is 0.492 e. The van der Waals surface area contributed by atoms with Crippen LogP contribution in [0.25, 0.3) is 11.3 Å². The fraction of sp³-hybridized carbons (Fsp3) is 0.250. The van der Waals surface area contributed by atoms with Gasteiger partial charge in [-0.2, -0.15) is 0 Å². The Bertz CT molecular complexity index is 2460. The Kier molecular flexibility index (Phi) is 9.64. The number of hydrogen-bond acceptors (Lipinski definition) is 11. The van der Waals surface area contributed by atoms with Crippen molar-refractivity contribution < 1.29 is 33.5 Å². The summed E-state index contributed by atoms with van der Waals surface area (Å²) in [6.45, 7) is 3.45. The van der Waals surface area contributed by atoms with E-state index in [9.17, 15) is 28.8 Å². The number of anilines is 2. The number of carbonyl (C=O) groups excluding carboxylic acids is 6. The average Bonchev–Trinajstić information content (AvgIpc) is 3.97. The van der Waals surface area contributed by atoms with Crippen molar-refractivity contribution >= 4 is 58.2 Å². The zero-order valence-corrected chi connectivity index (χ0v) is 31.3. The lowest BCUT2D eigenvalue weighted by Gasteiger charge is -2.27. The minimum atomic E-state index is -1.02. The molecule has 56 heavy (non-hydrogen) atoms. The highest BCUT2D eigenvalue weighted by atomic mass is 32.1. The Morgan fingerprint density at radius 1 is 1.00 bits per heavy atom. The van der Waals surface area contributed by atoms with Gasteiger partial charge in [0.25, 0.3) is 23.6 Å². The molecule has 5 heterocycles. The fourth-order valence-corrected chi connectivity index (χ4v) is 8.02. The number of imide groups is 2. The molecule has 1 saturated heterocycles. The number of imidazole rings is 1. The molecule has 6 amide bonds. The minimum absolute atomic E-state index is 0.0549. The number of rotatable bonds is 11. The summed E-state index contributed by atoms with van der Waals surface area (Å²) < 4.78 is 7.65. The highest BCUT2D eigenvalue weighted by molar-refractivity contribution is 7.14. The molecule has 284 valence electrons. The molecule has 0 spiro atoms. The second kappa shape index (κ2) is 14.9. The van der Waals surface area contributed by atoms with Crippen molar-refractivity contribution in [3.8, 4) is 17.0 Å². The van der Waals surface area contributed by atoms with Gasteiger partial charge in [0.05, 0.1) is 29.3 Å². The van der Waals surface area contributed by atoms with E-state index in [0.717, 1.165) is 44.3 Å². The first-order valence-electron chi connectivity index (χ1n) is 18.0. The van der Waals surface area contributed by atoms with Gasteiger partial charge in [0.1, 0.15) is 24.1 Å². The van der Waals surface area contributed by atoms with E-state index in [1.807, 2.05) is 49.4 Å². The van der Waals surface area contributed by atoms with Crippen LogP contribution in [0.2, 0.25) is 0 Å². The zero-order chi connectivity index (χ0) is 39.1. The van der Waals surface area contributed by atoms with Crippen molar-refractivity contribution in [1.29, 1.82) is 0 Å². The second-order valence-corrected chi connectivity index (χ2v) is 14.9. The van der Waals surface area contributed by atoms with Crippen LogP contribution in [-0.4, -0.2) is 80.6 Å². The molecular formula is C40H36N8O7S. The minimum Gasteiger partial charge on any atom is -0.492 e. The molecule has 0 bridgehead atoms. The number of fused-ring (bicyclic) bond motifs is 2. The van der Waals surface area contributed by atoms with Gasteiger partial charge >= 0.3 is 0 Å². The van der Waals surface area contributed by atoms with Crippen molar-refractivity contribution in [1.82, 2.24) is 30.1 Å². The van der Waals surface area contributed by atoms with Crippen LogP contribution >= 0.6 is 11.3 Å². The number of aryl methyl sites for hydroxylation is 2. The molecule has 3 aliphatic rings. The van der Waals surface area contributed by atoms with Crippen LogP contribution in [0.15, 0.2) is 73.2 Å². The number of ether oxygens (including phenoxy) is 1. The number of amides is 6. The summed E-state index contributed by atoms with van der Waals surface area (Å²) in [5.41, 5.74) is 5.90. The van der Waals surface area contributed by atoms with Crippen LogP contribution < -0.4 is 25.6 Å². The van der Waals surface area contributed by atoms with E-state index in [4.69, 9.17) is 9.72 Å². The Balaban J connectivity index is 0.831.